The summed E-state index contributed by atoms with van der Waals surface area (Å²) in [6, 6.07) is 6.41. The minimum absolute atomic E-state index is 0.171. The molecule has 2 N–H and O–H groups in total. The molecule has 0 fully saturated rings. The van der Waals surface area contributed by atoms with Gasteiger partial charge in [-0.25, -0.2) is 0 Å². The Morgan fingerprint density at radius 2 is 2.05 bits per heavy atom. The fourth-order valence-corrected chi connectivity index (χ4v) is 1.93. The first kappa shape index (κ1) is 15.5. The van der Waals surface area contributed by atoms with Gasteiger partial charge in [-0.2, -0.15) is 5.10 Å². The van der Waals surface area contributed by atoms with Crippen LogP contribution in [-0.4, -0.2) is 20.8 Å². The molecular weight excluding hydrogens is 264 g/mol. The van der Waals surface area contributed by atoms with E-state index in [4.69, 9.17) is 10.5 Å². The van der Waals surface area contributed by atoms with Gasteiger partial charge in [0.2, 0.25) is 0 Å². The average Bonchev–Trinajstić information content (AvgIpc) is 2.95. The molecule has 0 spiro atoms. The second-order valence-electron chi connectivity index (χ2n) is 5.53. The number of nitrogens with two attached hydrogens (primary N) is 1. The van der Waals surface area contributed by atoms with Crippen molar-refractivity contribution in [3.05, 3.63) is 42.0 Å². The molecule has 1 unspecified atom stereocenters. The standard InChI is InChI=1S/C16H24N4O/c1-4-13(17)9-14-5-6-16(10-18-14)21-11-15-7-8-20(19-15)12(2)3/h5-8,10,12-13H,4,9,11,17H2,1-3H3. The molecule has 1 atom stereocenters. The Bertz CT molecular complexity index is 548. The maximum Gasteiger partial charge on any atom is 0.138 e. The summed E-state index contributed by atoms with van der Waals surface area (Å²) < 4.78 is 7.62. The highest BCUT2D eigenvalue weighted by Crippen LogP contribution is 2.13. The molecule has 2 heterocycles. The third kappa shape index (κ3) is 4.56. The first-order valence-corrected chi connectivity index (χ1v) is 7.45. The van der Waals surface area contributed by atoms with Crippen molar-refractivity contribution in [2.24, 2.45) is 5.73 Å². The predicted octanol–water partition coefficient (Wildman–Crippen LogP) is 2.72. The number of aromatic nitrogens is 3. The molecule has 0 saturated carbocycles. The van der Waals surface area contributed by atoms with E-state index in [-0.39, 0.29) is 6.04 Å². The maximum absolute atomic E-state index is 5.92. The lowest BCUT2D eigenvalue weighted by atomic mass is 10.1. The van der Waals surface area contributed by atoms with Crippen LogP contribution >= 0.6 is 0 Å². The van der Waals surface area contributed by atoms with Gasteiger partial charge in [0, 0.05) is 30.4 Å². The quantitative estimate of drug-likeness (QED) is 0.850. The van der Waals surface area contributed by atoms with Crippen LogP contribution in [0, 0.1) is 0 Å². The van der Waals surface area contributed by atoms with E-state index in [0.29, 0.717) is 12.6 Å². The fraction of sp³-hybridized carbons (Fsp3) is 0.500. The van der Waals surface area contributed by atoms with Crippen LogP contribution in [0.5, 0.6) is 5.75 Å². The molecule has 0 aliphatic carbocycles. The van der Waals surface area contributed by atoms with Crippen molar-refractivity contribution in [1.82, 2.24) is 14.8 Å². The molecule has 21 heavy (non-hydrogen) atoms. The fourth-order valence-electron chi connectivity index (χ4n) is 1.93. The van der Waals surface area contributed by atoms with Crippen LogP contribution in [0.3, 0.4) is 0 Å². The highest BCUT2D eigenvalue weighted by Gasteiger charge is 2.05. The number of pyridine rings is 1. The first-order chi connectivity index (χ1) is 10.1. The van der Waals surface area contributed by atoms with Crippen molar-refractivity contribution < 1.29 is 4.74 Å². The molecule has 0 aliphatic heterocycles. The number of nitrogens with zero attached hydrogens (tertiary/aromatic N) is 3. The van der Waals surface area contributed by atoms with Crippen LogP contribution in [0.4, 0.5) is 0 Å². The first-order valence-electron chi connectivity index (χ1n) is 7.45. The summed E-state index contributed by atoms with van der Waals surface area (Å²) in [5.74, 6) is 0.753. The highest BCUT2D eigenvalue weighted by molar-refractivity contribution is 5.20. The second kappa shape index (κ2) is 7.22. The SMILES string of the molecule is CCC(N)Cc1ccc(OCc2ccn(C(C)C)n2)cn1. The van der Waals surface area contributed by atoms with Crippen LogP contribution in [0.15, 0.2) is 30.6 Å². The Balaban J connectivity index is 1.88. The van der Waals surface area contributed by atoms with Gasteiger partial charge in [0.05, 0.1) is 11.9 Å². The Labute approximate surface area is 126 Å². The molecule has 0 bridgehead atoms. The smallest absolute Gasteiger partial charge is 0.138 e. The molecule has 5 heteroatoms. The number of hydrogen-bond donors (Lipinski definition) is 1. The molecule has 0 amide bonds. The van der Waals surface area contributed by atoms with E-state index in [1.54, 1.807) is 6.20 Å². The minimum atomic E-state index is 0.171. The Kier molecular flexibility index (Phi) is 5.33. The third-order valence-electron chi connectivity index (χ3n) is 3.37. The van der Waals surface area contributed by atoms with Gasteiger partial charge >= 0.3 is 0 Å². The molecule has 114 valence electrons. The van der Waals surface area contributed by atoms with Gasteiger partial charge in [0.1, 0.15) is 12.4 Å². The van der Waals surface area contributed by atoms with E-state index in [1.165, 1.54) is 0 Å². The van der Waals surface area contributed by atoms with Crippen molar-refractivity contribution >= 4 is 0 Å². The zero-order chi connectivity index (χ0) is 15.2. The third-order valence-corrected chi connectivity index (χ3v) is 3.37. The molecule has 5 nitrogen and oxygen atoms in total. The summed E-state index contributed by atoms with van der Waals surface area (Å²) in [6.45, 7) is 6.73. The van der Waals surface area contributed by atoms with E-state index in [2.05, 4.69) is 30.9 Å². The van der Waals surface area contributed by atoms with Crippen LogP contribution in [0.1, 0.15) is 44.6 Å². The van der Waals surface area contributed by atoms with E-state index in [1.807, 2.05) is 29.1 Å². The Morgan fingerprint density at radius 3 is 2.62 bits per heavy atom. The molecule has 2 rings (SSSR count). The van der Waals surface area contributed by atoms with Crippen LogP contribution in [0.2, 0.25) is 0 Å². The lowest BCUT2D eigenvalue weighted by molar-refractivity contribution is 0.297. The summed E-state index contributed by atoms with van der Waals surface area (Å²) in [6.07, 6.45) is 5.47. The lowest BCUT2D eigenvalue weighted by Gasteiger charge is -2.09. The predicted molar refractivity (Wildman–Crippen MR) is 83.2 cm³/mol. The Morgan fingerprint density at radius 1 is 1.24 bits per heavy atom. The molecule has 2 aromatic rings. The number of rotatable bonds is 7. The lowest BCUT2D eigenvalue weighted by Crippen LogP contribution is -2.21. The highest BCUT2D eigenvalue weighted by atomic mass is 16.5. The van der Waals surface area contributed by atoms with Crippen molar-refractivity contribution in [3.8, 4) is 5.75 Å². The second-order valence-corrected chi connectivity index (χ2v) is 5.53. The monoisotopic (exact) mass is 288 g/mol. The van der Waals surface area contributed by atoms with Gasteiger partial charge in [-0.15, -0.1) is 0 Å². The van der Waals surface area contributed by atoms with Crippen LogP contribution in [-0.2, 0) is 13.0 Å². The molecular formula is C16H24N4O. The molecule has 0 aromatic carbocycles. The summed E-state index contributed by atoms with van der Waals surface area (Å²) in [4.78, 5) is 4.38. The van der Waals surface area contributed by atoms with Gasteiger partial charge in [0.25, 0.3) is 0 Å². The topological polar surface area (TPSA) is 66.0 Å². The van der Waals surface area contributed by atoms with E-state index >= 15 is 0 Å². The van der Waals surface area contributed by atoms with Gasteiger partial charge in [-0.3, -0.25) is 9.67 Å². The van der Waals surface area contributed by atoms with E-state index in [9.17, 15) is 0 Å². The molecule has 0 saturated heterocycles. The zero-order valence-corrected chi connectivity index (χ0v) is 13.0. The van der Waals surface area contributed by atoms with Crippen molar-refractivity contribution in [3.63, 3.8) is 0 Å². The summed E-state index contributed by atoms with van der Waals surface area (Å²) in [5, 5.41) is 4.45. The van der Waals surface area contributed by atoms with Crippen molar-refractivity contribution in [2.45, 2.75) is 52.3 Å². The number of ether oxygens (including phenoxy) is 1. The van der Waals surface area contributed by atoms with E-state index < -0.39 is 0 Å². The zero-order valence-electron chi connectivity index (χ0n) is 13.0. The van der Waals surface area contributed by atoms with Crippen molar-refractivity contribution in [1.29, 1.82) is 0 Å². The number of hydrogen-bond acceptors (Lipinski definition) is 4. The van der Waals surface area contributed by atoms with E-state index in [0.717, 1.165) is 30.0 Å². The molecule has 0 aliphatic rings. The molecule has 2 aromatic heterocycles. The van der Waals surface area contributed by atoms with Gasteiger partial charge in [-0.1, -0.05) is 6.92 Å². The average molecular weight is 288 g/mol. The molecule has 0 radical (unpaired) electrons. The van der Waals surface area contributed by atoms with Crippen molar-refractivity contribution in [2.75, 3.05) is 0 Å². The maximum atomic E-state index is 5.92. The summed E-state index contributed by atoms with van der Waals surface area (Å²) in [5.41, 5.74) is 7.84. The summed E-state index contributed by atoms with van der Waals surface area (Å²) >= 11 is 0. The Hall–Kier alpha value is -1.88. The van der Waals surface area contributed by atoms with Gasteiger partial charge in [0.15, 0.2) is 0 Å². The van der Waals surface area contributed by atoms with Gasteiger partial charge in [-0.05, 0) is 38.5 Å². The largest absolute Gasteiger partial charge is 0.486 e. The summed E-state index contributed by atoms with van der Waals surface area (Å²) in [7, 11) is 0. The van der Waals surface area contributed by atoms with Crippen LogP contribution < -0.4 is 10.5 Å². The van der Waals surface area contributed by atoms with Crippen LogP contribution in [0.25, 0.3) is 0 Å². The van der Waals surface area contributed by atoms with Gasteiger partial charge < -0.3 is 10.5 Å². The normalized spacial score (nSPS) is 12.6. The minimum Gasteiger partial charge on any atom is -0.486 e.